The first-order valence-corrected chi connectivity index (χ1v) is 12.0. The summed E-state index contributed by atoms with van der Waals surface area (Å²) in [5, 5.41) is 4.86. The molecule has 3 aliphatic rings. The fourth-order valence-corrected chi connectivity index (χ4v) is 5.52. The third-order valence-electron chi connectivity index (χ3n) is 7.06. The van der Waals surface area contributed by atoms with E-state index in [1.165, 1.54) is 45.2 Å². The van der Waals surface area contributed by atoms with Gasteiger partial charge in [0.05, 0.1) is 16.8 Å². The number of likely N-dealkylation sites (tertiary alicyclic amines) is 1. The first-order valence-electron chi connectivity index (χ1n) is 11.2. The summed E-state index contributed by atoms with van der Waals surface area (Å²) in [5.74, 6) is 1.32. The molecule has 2 aromatic rings. The second kappa shape index (κ2) is 7.99. The molecule has 1 atom stereocenters. The minimum absolute atomic E-state index is 0.204. The van der Waals surface area contributed by atoms with Gasteiger partial charge in [-0.3, -0.25) is 9.78 Å². The van der Waals surface area contributed by atoms with E-state index in [4.69, 9.17) is 0 Å². The zero-order valence-electron chi connectivity index (χ0n) is 17.2. The lowest BCUT2D eigenvalue weighted by molar-refractivity contribution is 0.0968. The van der Waals surface area contributed by atoms with E-state index >= 15 is 0 Å². The highest BCUT2D eigenvalue weighted by Crippen LogP contribution is 2.38. The molecule has 1 aromatic carbocycles. The summed E-state index contributed by atoms with van der Waals surface area (Å²) in [4.78, 5) is 20.3. The number of carbonyl (C=O) groups is 1. The molecule has 1 aliphatic heterocycles. The number of anilines is 1. The number of ketones is 1. The molecule has 5 heteroatoms. The van der Waals surface area contributed by atoms with Crippen LogP contribution < -0.4 is 5.32 Å². The molecule has 2 saturated carbocycles. The Morgan fingerprint density at radius 2 is 1.93 bits per heavy atom. The predicted molar refractivity (Wildman–Crippen MR) is 122 cm³/mol. The van der Waals surface area contributed by atoms with Gasteiger partial charge < -0.3 is 10.2 Å². The summed E-state index contributed by atoms with van der Waals surface area (Å²) in [6, 6.07) is 7.33. The Kier molecular flexibility index (Phi) is 5.37. The van der Waals surface area contributed by atoms with Gasteiger partial charge in [-0.2, -0.15) is 0 Å². The number of halogens is 1. The van der Waals surface area contributed by atoms with Gasteiger partial charge in [0.25, 0.3) is 0 Å². The average Bonchev–Trinajstić information content (AvgIpc) is 3.49. The fourth-order valence-electron chi connectivity index (χ4n) is 5.16. The summed E-state index contributed by atoms with van der Waals surface area (Å²) in [6.45, 7) is 4.91. The zero-order chi connectivity index (χ0) is 20.0. The third kappa shape index (κ3) is 4.09. The summed E-state index contributed by atoms with van der Waals surface area (Å²) >= 11 is 3.60. The van der Waals surface area contributed by atoms with Gasteiger partial charge in [0.1, 0.15) is 0 Å². The van der Waals surface area contributed by atoms with Crippen molar-refractivity contribution in [2.24, 2.45) is 11.8 Å². The summed E-state index contributed by atoms with van der Waals surface area (Å²) in [6.07, 6.45) is 10.0. The van der Waals surface area contributed by atoms with Crippen molar-refractivity contribution in [2.45, 2.75) is 64.0 Å². The molecule has 1 saturated heterocycles. The number of nitrogens with zero attached hydrogens (tertiary/aromatic N) is 2. The molecule has 29 heavy (non-hydrogen) atoms. The van der Waals surface area contributed by atoms with Gasteiger partial charge in [0, 0.05) is 40.6 Å². The van der Waals surface area contributed by atoms with Crippen molar-refractivity contribution < 1.29 is 4.79 Å². The van der Waals surface area contributed by atoms with E-state index in [1.807, 2.05) is 12.1 Å². The van der Waals surface area contributed by atoms with E-state index in [-0.39, 0.29) is 11.7 Å². The molecule has 154 valence electrons. The van der Waals surface area contributed by atoms with Gasteiger partial charge in [0.2, 0.25) is 0 Å². The van der Waals surface area contributed by atoms with Crippen LogP contribution >= 0.6 is 15.9 Å². The van der Waals surface area contributed by atoms with Crippen molar-refractivity contribution in [3.63, 3.8) is 0 Å². The van der Waals surface area contributed by atoms with Gasteiger partial charge in [0.15, 0.2) is 5.78 Å². The van der Waals surface area contributed by atoms with Crippen LogP contribution in [0.1, 0.15) is 62.2 Å². The van der Waals surface area contributed by atoms with E-state index < -0.39 is 0 Å². The Morgan fingerprint density at radius 1 is 1.14 bits per heavy atom. The summed E-state index contributed by atoms with van der Waals surface area (Å²) in [5.41, 5.74) is 2.74. The van der Waals surface area contributed by atoms with Crippen LogP contribution in [0.3, 0.4) is 0 Å². The Bertz CT molecular complexity index is 918. The molecule has 1 N–H and O–H groups in total. The molecule has 0 radical (unpaired) electrons. The number of fused-ring (bicyclic) bond motifs is 1. The second-order valence-corrected chi connectivity index (χ2v) is 10.3. The molecule has 5 rings (SSSR count). The SMILES string of the molecule is CC1CCN(C2CCC(Nc3c(C(=O)C4CC4)cnc4ccc(Br)cc34)CC2)C1. The van der Waals surface area contributed by atoms with Crippen molar-refractivity contribution >= 4 is 38.3 Å². The highest BCUT2D eigenvalue weighted by Gasteiger charge is 2.34. The Balaban J connectivity index is 1.37. The molecule has 2 heterocycles. The van der Waals surface area contributed by atoms with E-state index in [1.54, 1.807) is 6.20 Å². The number of carbonyl (C=O) groups excluding carboxylic acids is 1. The van der Waals surface area contributed by atoms with Gasteiger partial charge in [-0.1, -0.05) is 22.9 Å². The van der Waals surface area contributed by atoms with Gasteiger partial charge in [-0.15, -0.1) is 0 Å². The van der Waals surface area contributed by atoms with Crippen molar-refractivity contribution in [1.29, 1.82) is 0 Å². The minimum Gasteiger partial charge on any atom is -0.381 e. The van der Waals surface area contributed by atoms with Gasteiger partial charge in [-0.05, 0) is 75.6 Å². The summed E-state index contributed by atoms with van der Waals surface area (Å²) < 4.78 is 1.03. The molecule has 4 nitrogen and oxygen atoms in total. The van der Waals surface area contributed by atoms with E-state index in [0.717, 1.165) is 51.4 Å². The Morgan fingerprint density at radius 3 is 2.62 bits per heavy atom. The Hall–Kier alpha value is -1.46. The average molecular weight is 456 g/mol. The molecule has 0 bridgehead atoms. The molecular weight excluding hydrogens is 426 g/mol. The topological polar surface area (TPSA) is 45.2 Å². The van der Waals surface area contributed by atoms with Crippen molar-refractivity contribution in [1.82, 2.24) is 9.88 Å². The number of hydrogen-bond donors (Lipinski definition) is 1. The van der Waals surface area contributed by atoms with E-state index in [9.17, 15) is 4.79 Å². The molecule has 0 spiro atoms. The van der Waals surface area contributed by atoms with Crippen LogP contribution in [0.15, 0.2) is 28.9 Å². The van der Waals surface area contributed by atoms with Gasteiger partial charge in [-0.25, -0.2) is 0 Å². The molecule has 1 aromatic heterocycles. The highest BCUT2D eigenvalue weighted by molar-refractivity contribution is 9.10. The first-order chi connectivity index (χ1) is 14.1. The maximum atomic E-state index is 13.0. The largest absolute Gasteiger partial charge is 0.381 e. The third-order valence-corrected chi connectivity index (χ3v) is 7.55. The quantitative estimate of drug-likeness (QED) is 0.591. The lowest BCUT2D eigenvalue weighted by Crippen LogP contribution is -2.39. The van der Waals surface area contributed by atoms with Crippen LogP contribution in [-0.4, -0.2) is 40.8 Å². The van der Waals surface area contributed by atoms with Crippen LogP contribution in [0.25, 0.3) is 10.9 Å². The molecule has 0 amide bonds. The van der Waals surface area contributed by atoms with E-state index in [2.05, 4.69) is 44.1 Å². The smallest absolute Gasteiger partial charge is 0.169 e. The number of aromatic nitrogens is 1. The van der Waals surface area contributed by atoms with Crippen LogP contribution in [0, 0.1) is 11.8 Å². The normalized spacial score (nSPS) is 28.0. The standard InChI is InChI=1S/C24H30BrN3O/c1-15-10-11-28(14-15)19-7-5-18(6-8-19)27-23-20-12-17(25)4-9-22(20)26-13-21(23)24(29)16-2-3-16/h4,9,12-13,15-16,18-19H,2-3,5-8,10-11,14H2,1H3,(H,26,27). The zero-order valence-corrected chi connectivity index (χ0v) is 18.7. The predicted octanol–water partition coefficient (Wildman–Crippen LogP) is 5.65. The van der Waals surface area contributed by atoms with Crippen LogP contribution in [-0.2, 0) is 0 Å². The van der Waals surface area contributed by atoms with E-state index in [0.29, 0.717) is 6.04 Å². The number of pyridine rings is 1. The van der Waals surface area contributed by atoms with Crippen molar-refractivity contribution in [3.05, 3.63) is 34.4 Å². The first kappa shape index (κ1) is 19.5. The maximum absolute atomic E-state index is 13.0. The summed E-state index contributed by atoms with van der Waals surface area (Å²) in [7, 11) is 0. The van der Waals surface area contributed by atoms with Gasteiger partial charge >= 0.3 is 0 Å². The van der Waals surface area contributed by atoms with Crippen LogP contribution in [0.4, 0.5) is 5.69 Å². The number of benzene rings is 1. The minimum atomic E-state index is 0.204. The number of nitrogens with one attached hydrogen (secondary N) is 1. The number of Topliss-reactive ketones (excluding diaryl/α,β-unsaturated/α-hetero) is 1. The molecule has 3 fully saturated rings. The number of hydrogen-bond acceptors (Lipinski definition) is 4. The van der Waals surface area contributed by atoms with Crippen LogP contribution in [0.2, 0.25) is 0 Å². The van der Waals surface area contributed by atoms with Crippen molar-refractivity contribution in [2.75, 3.05) is 18.4 Å². The lowest BCUT2D eigenvalue weighted by Gasteiger charge is -2.35. The maximum Gasteiger partial charge on any atom is 0.169 e. The van der Waals surface area contributed by atoms with Crippen LogP contribution in [0.5, 0.6) is 0 Å². The fraction of sp³-hybridized carbons (Fsp3) is 0.583. The molecular formula is C24H30BrN3O. The monoisotopic (exact) mass is 455 g/mol. The molecule has 2 aliphatic carbocycles. The number of rotatable bonds is 5. The molecule has 1 unspecified atom stereocenters. The lowest BCUT2D eigenvalue weighted by atomic mass is 9.89. The highest BCUT2D eigenvalue weighted by atomic mass is 79.9. The second-order valence-electron chi connectivity index (χ2n) is 9.39. The Labute approximate surface area is 181 Å². The van der Waals surface area contributed by atoms with Crippen molar-refractivity contribution in [3.8, 4) is 0 Å².